The van der Waals surface area contributed by atoms with Crippen molar-refractivity contribution in [1.82, 2.24) is 0 Å². The van der Waals surface area contributed by atoms with Crippen molar-refractivity contribution in [2.75, 3.05) is 27.9 Å². The molecule has 0 fully saturated rings. The number of methoxy groups -OCH3 is 3. The molecule has 3 rings (SSSR count). The number of hydrogen-bond acceptors (Lipinski definition) is 7. The number of Topliss-reactive ketones (excluding diaryl/α,β-unsaturated/α-hetero) is 1. The summed E-state index contributed by atoms with van der Waals surface area (Å²) in [6.45, 7) is -0.0123. The van der Waals surface area contributed by atoms with Crippen LogP contribution in [-0.4, -0.2) is 43.9 Å². The maximum absolute atomic E-state index is 12.8. The van der Waals surface area contributed by atoms with E-state index in [0.717, 1.165) is 0 Å². The molecule has 2 aromatic rings. The number of aromatic hydroxyl groups is 2. The highest BCUT2D eigenvalue weighted by molar-refractivity contribution is 6.16. The zero-order valence-electron chi connectivity index (χ0n) is 14.5. The van der Waals surface area contributed by atoms with Crippen LogP contribution < -0.4 is 18.9 Å². The van der Waals surface area contributed by atoms with Crippen molar-refractivity contribution in [2.45, 2.75) is 0 Å². The van der Waals surface area contributed by atoms with Crippen LogP contribution in [0.1, 0.15) is 15.9 Å². The van der Waals surface area contributed by atoms with E-state index < -0.39 is 0 Å². The summed E-state index contributed by atoms with van der Waals surface area (Å²) in [6, 6.07) is 6.07. The summed E-state index contributed by atoms with van der Waals surface area (Å²) in [5, 5.41) is 20.1. The second-order valence-corrected chi connectivity index (χ2v) is 5.55. The van der Waals surface area contributed by atoms with Gasteiger partial charge in [0, 0.05) is 11.6 Å². The second-order valence-electron chi connectivity index (χ2n) is 5.55. The molecule has 136 valence electrons. The second kappa shape index (κ2) is 6.87. The third-order valence-electron chi connectivity index (χ3n) is 4.04. The fraction of sp³-hybridized carbons (Fsp3) is 0.211. The lowest BCUT2D eigenvalue weighted by Gasteiger charge is -2.23. The number of hydrogen-bond donors (Lipinski definition) is 2. The molecule has 0 saturated heterocycles. The minimum absolute atomic E-state index is 0.0119. The molecule has 2 aromatic carbocycles. The van der Waals surface area contributed by atoms with Crippen LogP contribution in [0.2, 0.25) is 0 Å². The van der Waals surface area contributed by atoms with Gasteiger partial charge in [-0.3, -0.25) is 4.79 Å². The highest BCUT2D eigenvalue weighted by Gasteiger charge is 2.32. The quantitative estimate of drug-likeness (QED) is 0.812. The van der Waals surface area contributed by atoms with Crippen molar-refractivity contribution >= 4 is 11.9 Å². The Morgan fingerprint density at radius 3 is 2.35 bits per heavy atom. The number of carbonyl (C=O) groups is 1. The average Bonchev–Trinajstić information content (AvgIpc) is 2.63. The lowest BCUT2D eigenvalue weighted by Crippen LogP contribution is -2.20. The van der Waals surface area contributed by atoms with Crippen LogP contribution in [0.5, 0.6) is 34.5 Å². The molecule has 0 unspecified atom stereocenters. The highest BCUT2D eigenvalue weighted by atomic mass is 16.5. The molecule has 1 heterocycles. The van der Waals surface area contributed by atoms with Crippen LogP contribution in [0, 0.1) is 0 Å². The van der Waals surface area contributed by atoms with E-state index in [1.165, 1.54) is 33.5 Å². The average molecular weight is 358 g/mol. The lowest BCUT2D eigenvalue weighted by atomic mass is 9.96. The molecule has 0 radical (unpaired) electrons. The van der Waals surface area contributed by atoms with E-state index >= 15 is 0 Å². The van der Waals surface area contributed by atoms with Gasteiger partial charge in [-0.1, -0.05) is 6.07 Å². The molecule has 0 atom stereocenters. The fourth-order valence-electron chi connectivity index (χ4n) is 2.79. The molecule has 0 bridgehead atoms. The van der Waals surface area contributed by atoms with Crippen LogP contribution in [0.25, 0.3) is 6.08 Å². The third-order valence-corrected chi connectivity index (χ3v) is 4.04. The van der Waals surface area contributed by atoms with Gasteiger partial charge in [0.15, 0.2) is 28.8 Å². The Labute approximate surface area is 150 Å². The van der Waals surface area contributed by atoms with Crippen LogP contribution in [0.15, 0.2) is 29.8 Å². The molecular weight excluding hydrogens is 340 g/mol. The molecule has 2 N–H and O–H groups in total. The first-order valence-corrected chi connectivity index (χ1v) is 7.73. The minimum atomic E-state index is -0.389. The van der Waals surface area contributed by atoms with E-state index in [2.05, 4.69) is 0 Å². The van der Waals surface area contributed by atoms with Crippen molar-refractivity contribution in [1.29, 1.82) is 0 Å². The Bertz CT molecular complexity index is 899. The SMILES string of the molecule is COc1ccc(/C=C2/COc3c(OC)c(OC)cc(O)c3C2=O)cc1O. The van der Waals surface area contributed by atoms with Gasteiger partial charge in [-0.25, -0.2) is 0 Å². The molecule has 0 saturated carbocycles. The fourth-order valence-corrected chi connectivity index (χ4v) is 2.79. The summed E-state index contributed by atoms with van der Waals surface area (Å²) >= 11 is 0. The van der Waals surface area contributed by atoms with Gasteiger partial charge in [-0.15, -0.1) is 0 Å². The predicted octanol–water partition coefficient (Wildman–Crippen LogP) is 2.78. The zero-order chi connectivity index (χ0) is 18.8. The highest BCUT2D eigenvalue weighted by Crippen LogP contribution is 2.47. The summed E-state index contributed by atoms with van der Waals surface area (Å²) in [5.41, 5.74) is 0.932. The van der Waals surface area contributed by atoms with Crippen LogP contribution in [0.3, 0.4) is 0 Å². The van der Waals surface area contributed by atoms with Gasteiger partial charge < -0.3 is 29.2 Å². The number of ether oxygens (including phenoxy) is 4. The van der Waals surface area contributed by atoms with Gasteiger partial charge in [-0.05, 0) is 23.8 Å². The summed E-state index contributed by atoms with van der Waals surface area (Å²) in [7, 11) is 4.30. The molecule has 1 aliphatic heterocycles. The first kappa shape index (κ1) is 17.5. The smallest absolute Gasteiger partial charge is 0.204 e. The molecule has 0 amide bonds. The van der Waals surface area contributed by atoms with E-state index in [1.807, 2.05) is 0 Å². The molecule has 7 heteroatoms. The van der Waals surface area contributed by atoms with Crippen molar-refractivity contribution in [3.05, 3.63) is 41.0 Å². The molecule has 0 spiro atoms. The van der Waals surface area contributed by atoms with E-state index in [-0.39, 0.29) is 46.7 Å². The van der Waals surface area contributed by atoms with E-state index in [1.54, 1.807) is 18.2 Å². The molecule has 7 nitrogen and oxygen atoms in total. The van der Waals surface area contributed by atoms with Crippen molar-refractivity contribution < 1.29 is 34.0 Å². The number of phenols is 2. The maximum Gasteiger partial charge on any atom is 0.204 e. The first-order valence-electron chi connectivity index (χ1n) is 7.73. The molecular formula is C19H18O7. The number of phenolic OH excluding ortho intramolecular Hbond substituents is 2. The van der Waals surface area contributed by atoms with Crippen LogP contribution in [0.4, 0.5) is 0 Å². The van der Waals surface area contributed by atoms with Gasteiger partial charge in [0.25, 0.3) is 0 Å². The Morgan fingerprint density at radius 1 is 1.00 bits per heavy atom. The van der Waals surface area contributed by atoms with Gasteiger partial charge in [0.2, 0.25) is 5.75 Å². The first-order chi connectivity index (χ1) is 12.5. The Balaban J connectivity index is 2.04. The number of ketones is 1. The minimum Gasteiger partial charge on any atom is -0.507 e. The Kier molecular flexibility index (Phi) is 4.62. The van der Waals surface area contributed by atoms with E-state index in [0.29, 0.717) is 16.9 Å². The van der Waals surface area contributed by atoms with Crippen molar-refractivity contribution in [3.63, 3.8) is 0 Å². The molecule has 1 aliphatic rings. The van der Waals surface area contributed by atoms with E-state index in [4.69, 9.17) is 18.9 Å². The van der Waals surface area contributed by atoms with Gasteiger partial charge in [0.1, 0.15) is 17.9 Å². The summed E-state index contributed by atoms with van der Waals surface area (Å²) in [4.78, 5) is 12.8. The molecule has 0 aromatic heterocycles. The Morgan fingerprint density at radius 2 is 1.73 bits per heavy atom. The van der Waals surface area contributed by atoms with Crippen LogP contribution >= 0.6 is 0 Å². The van der Waals surface area contributed by atoms with E-state index in [9.17, 15) is 15.0 Å². The van der Waals surface area contributed by atoms with Gasteiger partial charge in [0.05, 0.1) is 21.3 Å². The van der Waals surface area contributed by atoms with Gasteiger partial charge >= 0.3 is 0 Å². The molecule has 0 aliphatic carbocycles. The monoisotopic (exact) mass is 358 g/mol. The number of carbonyl (C=O) groups excluding carboxylic acids is 1. The van der Waals surface area contributed by atoms with Crippen molar-refractivity contribution in [2.24, 2.45) is 0 Å². The van der Waals surface area contributed by atoms with Gasteiger partial charge in [-0.2, -0.15) is 0 Å². The number of fused-ring (bicyclic) bond motifs is 1. The predicted molar refractivity (Wildman–Crippen MR) is 93.7 cm³/mol. The summed E-state index contributed by atoms with van der Waals surface area (Å²) in [6.07, 6.45) is 1.58. The largest absolute Gasteiger partial charge is 0.507 e. The van der Waals surface area contributed by atoms with Crippen LogP contribution in [-0.2, 0) is 0 Å². The lowest BCUT2D eigenvalue weighted by molar-refractivity contribution is 0.0995. The van der Waals surface area contributed by atoms with Crippen molar-refractivity contribution in [3.8, 4) is 34.5 Å². The Hall–Kier alpha value is -3.35. The topological polar surface area (TPSA) is 94.5 Å². The number of rotatable bonds is 4. The summed E-state index contributed by atoms with van der Waals surface area (Å²) < 4.78 is 21.1. The summed E-state index contributed by atoms with van der Waals surface area (Å²) in [5.74, 6) is 0.299. The maximum atomic E-state index is 12.8. The zero-order valence-corrected chi connectivity index (χ0v) is 14.5. The standard InChI is InChI=1S/C19H18O7/c1-23-14-5-4-10(7-12(14)20)6-11-9-26-19-16(17(11)22)13(21)8-15(24-2)18(19)25-3/h4-8,20-21H,9H2,1-3H3/b11-6-. The normalized spacial score (nSPS) is 14.6. The number of benzene rings is 2. The third kappa shape index (κ3) is 2.88. The molecule has 26 heavy (non-hydrogen) atoms.